The first-order valence-corrected chi connectivity index (χ1v) is 8.91. The Hall–Kier alpha value is -2.44. The second-order valence-corrected chi connectivity index (χ2v) is 6.72. The zero-order chi connectivity index (χ0) is 17.2. The zero-order valence-electron chi connectivity index (χ0n) is 14.2. The number of piperidine rings is 1. The van der Waals surface area contributed by atoms with Crippen LogP contribution in [0.4, 0.5) is 4.79 Å². The molecule has 4 rings (SSSR count). The van der Waals surface area contributed by atoms with Gasteiger partial charge in [-0.25, -0.2) is 4.79 Å². The topological polar surface area (TPSA) is 71.1 Å². The molecule has 1 aromatic rings. The number of hydrogen-bond acceptors (Lipinski definition) is 4. The van der Waals surface area contributed by atoms with Crippen LogP contribution in [0.1, 0.15) is 24.8 Å². The van der Waals surface area contributed by atoms with Gasteiger partial charge in [-0.2, -0.15) is 0 Å². The number of carbonyl (C=O) groups excluding carboxylic acids is 2. The largest absolute Gasteiger partial charge is 0.454 e. The monoisotopic (exact) mass is 345 g/mol. The lowest BCUT2D eigenvalue weighted by atomic mass is 10.0. The van der Waals surface area contributed by atoms with Gasteiger partial charge in [0, 0.05) is 38.6 Å². The van der Waals surface area contributed by atoms with Crippen molar-refractivity contribution in [3.05, 3.63) is 23.8 Å². The Morgan fingerprint density at radius 2 is 1.96 bits per heavy atom. The van der Waals surface area contributed by atoms with Gasteiger partial charge in [0.25, 0.3) is 0 Å². The smallest absolute Gasteiger partial charge is 0.317 e. The number of likely N-dealkylation sites (tertiary alicyclic amines) is 1. The number of hydrogen-bond donors (Lipinski definition) is 1. The SMILES string of the molecule is O=C(CCc1ccc2c(c1)OCO2)N1CCC(N2CCNC2=O)CC1. The Balaban J connectivity index is 1.26. The van der Waals surface area contributed by atoms with E-state index >= 15 is 0 Å². The summed E-state index contributed by atoms with van der Waals surface area (Å²) in [5, 5.41) is 2.84. The lowest BCUT2D eigenvalue weighted by Gasteiger charge is -2.36. The van der Waals surface area contributed by atoms with Crippen LogP contribution in [-0.2, 0) is 11.2 Å². The average molecular weight is 345 g/mol. The van der Waals surface area contributed by atoms with E-state index in [0.717, 1.165) is 56.1 Å². The van der Waals surface area contributed by atoms with Gasteiger partial charge in [-0.3, -0.25) is 4.79 Å². The van der Waals surface area contributed by atoms with Crippen molar-refractivity contribution in [1.82, 2.24) is 15.1 Å². The predicted molar refractivity (Wildman–Crippen MR) is 90.6 cm³/mol. The minimum Gasteiger partial charge on any atom is -0.454 e. The predicted octanol–water partition coefficient (Wildman–Crippen LogP) is 1.36. The van der Waals surface area contributed by atoms with Gasteiger partial charge in [0.1, 0.15) is 0 Å². The molecule has 2 saturated heterocycles. The summed E-state index contributed by atoms with van der Waals surface area (Å²) in [5.74, 6) is 1.71. The Morgan fingerprint density at radius 1 is 1.16 bits per heavy atom. The highest BCUT2D eigenvalue weighted by Crippen LogP contribution is 2.32. The van der Waals surface area contributed by atoms with Crippen LogP contribution in [0.3, 0.4) is 0 Å². The molecule has 25 heavy (non-hydrogen) atoms. The zero-order valence-corrected chi connectivity index (χ0v) is 14.2. The number of rotatable bonds is 4. The molecule has 0 aromatic heterocycles. The van der Waals surface area contributed by atoms with Crippen molar-refractivity contribution in [2.45, 2.75) is 31.7 Å². The minimum atomic E-state index is 0.0348. The van der Waals surface area contributed by atoms with Gasteiger partial charge >= 0.3 is 6.03 Å². The lowest BCUT2D eigenvalue weighted by Crippen LogP contribution is -2.47. The van der Waals surface area contributed by atoms with Crippen molar-refractivity contribution >= 4 is 11.9 Å². The van der Waals surface area contributed by atoms with Gasteiger partial charge in [-0.15, -0.1) is 0 Å². The quantitative estimate of drug-likeness (QED) is 0.895. The molecule has 3 aliphatic rings. The van der Waals surface area contributed by atoms with Crippen molar-refractivity contribution in [3.63, 3.8) is 0 Å². The number of amides is 3. The van der Waals surface area contributed by atoms with E-state index in [-0.39, 0.29) is 24.8 Å². The van der Waals surface area contributed by atoms with Gasteiger partial charge in [-0.05, 0) is 37.0 Å². The molecule has 3 amide bonds. The third kappa shape index (κ3) is 3.36. The molecular weight excluding hydrogens is 322 g/mol. The second kappa shape index (κ2) is 6.82. The van der Waals surface area contributed by atoms with Crippen molar-refractivity contribution in [1.29, 1.82) is 0 Å². The standard InChI is InChI=1S/C18H23N3O4/c22-17(4-2-13-1-3-15-16(11-13)25-12-24-15)20-8-5-14(6-9-20)21-10-7-19-18(21)23/h1,3,11,14H,2,4-10,12H2,(H,19,23). The van der Waals surface area contributed by atoms with E-state index in [1.807, 2.05) is 28.0 Å². The van der Waals surface area contributed by atoms with E-state index in [1.165, 1.54) is 0 Å². The third-order valence-electron chi connectivity index (χ3n) is 5.21. The minimum absolute atomic E-state index is 0.0348. The number of benzene rings is 1. The molecule has 3 aliphatic heterocycles. The van der Waals surface area contributed by atoms with Crippen molar-refractivity contribution < 1.29 is 19.1 Å². The number of nitrogens with one attached hydrogen (secondary N) is 1. The van der Waals surface area contributed by atoms with Crippen LogP contribution in [-0.4, -0.2) is 60.8 Å². The highest BCUT2D eigenvalue weighted by Gasteiger charge is 2.31. The molecule has 7 nitrogen and oxygen atoms in total. The molecule has 0 aliphatic carbocycles. The van der Waals surface area contributed by atoms with Gasteiger partial charge < -0.3 is 24.6 Å². The number of nitrogens with zero attached hydrogens (tertiary/aromatic N) is 2. The molecule has 2 fully saturated rings. The van der Waals surface area contributed by atoms with E-state index in [0.29, 0.717) is 12.8 Å². The first kappa shape index (κ1) is 16.1. The number of ether oxygens (including phenoxy) is 2. The van der Waals surface area contributed by atoms with Crippen LogP contribution in [0.15, 0.2) is 18.2 Å². The van der Waals surface area contributed by atoms with Crippen LogP contribution in [0.5, 0.6) is 11.5 Å². The normalized spacial score (nSPS) is 20.1. The fourth-order valence-corrected chi connectivity index (χ4v) is 3.77. The molecule has 0 radical (unpaired) electrons. The summed E-state index contributed by atoms with van der Waals surface area (Å²) in [6.07, 6.45) is 2.92. The number of fused-ring (bicyclic) bond motifs is 1. The summed E-state index contributed by atoms with van der Waals surface area (Å²) in [4.78, 5) is 28.1. The maximum absolute atomic E-state index is 12.5. The summed E-state index contributed by atoms with van der Waals surface area (Å²) in [6, 6.07) is 6.13. The van der Waals surface area contributed by atoms with Crippen molar-refractivity contribution in [2.24, 2.45) is 0 Å². The van der Waals surface area contributed by atoms with Crippen LogP contribution in [0.25, 0.3) is 0 Å². The highest BCUT2D eigenvalue weighted by molar-refractivity contribution is 5.77. The molecule has 1 aromatic carbocycles. The average Bonchev–Trinajstić information content (AvgIpc) is 3.28. The fraction of sp³-hybridized carbons (Fsp3) is 0.556. The van der Waals surface area contributed by atoms with Crippen molar-refractivity contribution in [2.75, 3.05) is 33.0 Å². The van der Waals surface area contributed by atoms with Crippen LogP contribution in [0, 0.1) is 0 Å². The molecule has 1 N–H and O–H groups in total. The molecule has 3 heterocycles. The fourth-order valence-electron chi connectivity index (χ4n) is 3.77. The van der Waals surface area contributed by atoms with E-state index in [1.54, 1.807) is 0 Å². The molecular formula is C18H23N3O4. The number of carbonyl (C=O) groups is 2. The molecule has 134 valence electrons. The lowest BCUT2D eigenvalue weighted by molar-refractivity contribution is -0.132. The Labute approximate surface area is 146 Å². The van der Waals surface area contributed by atoms with E-state index in [4.69, 9.17) is 9.47 Å². The summed E-state index contributed by atoms with van der Waals surface area (Å²) in [5.41, 5.74) is 1.08. The van der Waals surface area contributed by atoms with E-state index in [2.05, 4.69) is 5.32 Å². The molecule has 0 spiro atoms. The maximum Gasteiger partial charge on any atom is 0.317 e. The van der Waals surface area contributed by atoms with Crippen LogP contribution >= 0.6 is 0 Å². The van der Waals surface area contributed by atoms with Gasteiger partial charge in [-0.1, -0.05) is 6.07 Å². The van der Waals surface area contributed by atoms with Gasteiger partial charge in [0.15, 0.2) is 11.5 Å². The van der Waals surface area contributed by atoms with Gasteiger partial charge in [0.2, 0.25) is 12.7 Å². The van der Waals surface area contributed by atoms with Crippen LogP contribution in [0.2, 0.25) is 0 Å². The second-order valence-electron chi connectivity index (χ2n) is 6.72. The summed E-state index contributed by atoms with van der Waals surface area (Å²) in [6.45, 7) is 3.24. The molecule has 0 unspecified atom stereocenters. The van der Waals surface area contributed by atoms with Crippen molar-refractivity contribution in [3.8, 4) is 11.5 Å². The molecule has 7 heteroatoms. The molecule has 0 bridgehead atoms. The van der Waals surface area contributed by atoms with Crippen LogP contribution < -0.4 is 14.8 Å². The van der Waals surface area contributed by atoms with Gasteiger partial charge in [0.05, 0.1) is 0 Å². The first-order valence-electron chi connectivity index (χ1n) is 8.91. The maximum atomic E-state index is 12.5. The summed E-state index contributed by atoms with van der Waals surface area (Å²) in [7, 11) is 0. The Kier molecular flexibility index (Phi) is 4.38. The molecule has 0 atom stereocenters. The molecule has 0 saturated carbocycles. The third-order valence-corrected chi connectivity index (χ3v) is 5.21. The Morgan fingerprint density at radius 3 is 2.72 bits per heavy atom. The first-order chi connectivity index (χ1) is 12.2. The summed E-state index contributed by atoms with van der Waals surface area (Å²) < 4.78 is 10.7. The Bertz CT molecular complexity index is 670. The van der Waals surface area contributed by atoms with E-state index < -0.39 is 0 Å². The van der Waals surface area contributed by atoms with E-state index in [9.17, 15) is 9.59 Å². The highest BCUT2D eigenvalue weighted by atomic mass is 16.7. The number of urea groups is 1. The summed E-state index contributed by atoms with van der Waals surface area (Å²) >= 11 is 0. The number of aryl methyl sites for hydroxylation is 1.